The van der Waals surface area contributed by atoms with Crippen LogP contribution < -0.4 is 30.1 Å². The van der Waals surface area contributed by atoms with Crippen molar-refractivity contribution < 1.29 is 72.7 Å². The first-order chi connectivity index (χ1) is 60.9. The van der Waals surface area contributed by atoms with Gasteiger partial charge in [0.1, 0.15) is 5.82 Å². The molecule has 0 saturated carbocycles. The van der Waals surface area contributed by atoms with Crippen molar-refractivity contribution in [2.75, 3.05) is 45.9 Å². The molecule has 0 aliphatic heterocycles. The Hall–Kier alpha value is -7.74. The number of rotatable bonds is 25. The van der Waals surface area contributed by atoms with Gasteiger partial charge >= 0.3 is 0 Å². The average Bonchev–Trinajstić information content (AvgIpc) is 1.08. The number of hydrogen-bond donors (Lipinski definition) is 8. The molecule has 0 radical (unpaired) electrons. The molecule has 1 aromatic heterocycles. The van der Waals surface area contributed by atoms with E-state index in [1.807, 2.05) is 123 Å². The van der Waals surface area contributed by atoms with Gasteiger partial charge < -0.3 is 31.1 Å². The predicted molar refractivity (Wildman–Crippen MR) is 593 cm³/mol. The van der Waals surface area contributed by atoms with E-state index in [4.69, 9.17) is 10.2 Å². The first-order valence-corrected chi connectivity index (χ1v) is 52.7. The topological polar surface area (TPSA) is 381 Å². The van der Waals surface area contributed by atoms with Crippen molar-refractivity contribution in [3.63, 3.8) is 0 Å². The van der Waals surface area contributed by atoms with Crippen molar-refractivity contribution in [2.45, 2.75) is 375 Å². The summed E-state index contributed by atoms with van der Waals surface area (Å²) >= 11 is 0. The second kappa shape index (κ2) is 70.8. The van der Waals surface area contributed by atoms with Crippen LogP contribution in [0.4, 0.5) is 0 Å². The number of carbonyl (C=O) groups is 6. The fourth-order valence-corrected chi connectivity index (χ4v) is 11.6. The van der Waals surface area contributed by atoms with Crippen LogP contribution in [0.1, 0.15) is 353 Å². The normalized spacial score (nSPS) is 12.9. The van der Waals surface area contributed by atoms with E-state index in [0.717, 1.165) is 52.5 Å². The number of aromatic nitrogens is 2. The van der Waals surface area contributed by atoms with Gasteiger partial charge in [-0.2, -0.15) is 0 Å². The molecule has 0 aromatic carbocycles. The second-order valence-corrected chi connectivity index (χ2v) is 54.1. The standard InChI is InChI=1S/C12H20.C11H18.C9H14N2.C9H17NO2.C9H17NO.C9H16O2.C8H17NO2S.C8H15NO.C7H15NO2S.C7H13NO.C7H12O.C6H13NO2S.C6H12O2S.CH4/c1-10(12(2,3)4)11-8-6-5-7-9-11;1-9(11(2,3)4)10-7-5-6-8-10;1-7-10-6-5-8(11-7)9(2,3)4;1-5-8(12)10(6-7-11)9(2,3)4;1-5-8(11)10-7-6-9(2,3)4;1-9(2,3)8(11)6-4-5-7-10;1-5-12(10,11)9-7-6-8(2,3)4;1-5-7(10)9-6-8(2,3)4;1-5-11(9,10)8-6-7(2,3)4;1-5-6(9)8-7(2,3)4;1-5-6(8)7(2,3)4;1-5-10(8,9)7-6(2,3)4;1-5-9(7,8)6(2,3)4;/h8H,1,5-7,9H2,2-4H3;7H,1,5-6,8H2,2-4H3;5-6H,1-4H3;5,11H,1,6-7H2,2-4H3;5H,1,6-7H2,2-4H3,(H,10,11);4,6,10H,5,7H2,1-3H3;5,9H,1,6-7H2,2-4H3;5H,1,6H2,2-4H3,(H,9,10);5,8H,1,6H2,2-4H3;5H,1H2,2-4H3,(H,8,9);5H,1H2,2-4H3;5,7H,1H2,2-4H3;5H,1H2,2-4H3;1H4/b;;;;;6-4+;;;;;;;;. The third-order valence-corrected chi connectivity index (χ3v) is 23.0. The third kappa shape index (κ3) is 101. The zero-order valence-corrected chi connectivity index (χ0v) is 96.8. The summed E-state index contributed by atoms with van der Waals surface area (Å²) in [5.41, 5.74) is 6.60. The molecule has 8 N–H and O–H groups in total. The van der Waals surface area contributed by atoms with Gasteiger partial charge in [-0.15, -0.1) is 0 Å². The third-order valence-electron chi connectivity index (χ3n) is 17.4. The molecule has 0 spiro atoms. The minimum atomic E-state index is -3.26. The van der Waals surface area contributed by atoms with E-state index in [1.165, 1.54) is 104 Å². The summed E-state index contributed by atoms with van der Waals surface area (Å²) in [7, 11) is -12.8. The summed E-state index contributed by atoms with van der Waals surface area (Å²) in [5.74, 6) is 0.587. The summed E-state index contributed by atoms with van der Waals surface area (Å²) in [6.45, 7) is 120. The summed E-state index contributed by atoms with van der Waals surface area (Å²) in [5, 5.41) is 29.0. The molecule has 138 heavy (non-hydrogen) atoms. The van der Waals surface area contributed by atoms with E-state index < -0.39 is 50.2 Å². The van der Waals surface area contributed by atoms with E-state index in [1.54, 1.807) is 52.5 Å². The number of allylic oxidation sites excluding steroid dienone is 8. The number of β-amino-alcohol motifs (C(OH)–C–C–N with tert-alkyl or cyclic N) is 1. The maximum atomic E-state index is 11.2. The Labute approximate surface area is 846 Å². The van der Waals surface area contributed by atoms with Gasteiger partial charge in [0.25, 0.3) is 0 Å². The van der Waals surface area contributed by atoms with E-state index in [0.29, 0.717) is 32.6 Å². The molecule has 0 atom stereocenters. The molecule has 2 aliphatic rings. The summed E-state index contributed by atoms with van der Waals surface area (Å²) in [4.78, 5) is 75.0. The monoisotopic (exact) mass is 2020 g/mol. The van der Waals surface area contributed by atoms with Crippen molar-refractivity contribution >= 4 is 75.1 Å². The van der Waals surface area contributed by atoms with E-state index in [9.17, 15) is 62.4 Å². The fraction of sp³-hybridized carbons (Fsp3) is 0.651. The smallest absolute Gasteiger partial charge is 0.246 e. The molecule has 0 saturated heterocycles. The van der Waals surface area contributed by atoms with Crippen LogP contribution in [0.3, 0.4) is 0 Å². The van der Waals surface area contributed by atoms with Crippen LogP contribution in [0.25, 0.3) is 0 Å². The van der Waals surface area contributed by atoms with Gasteiger partial charge in [-0.25, -0.2) is 57.8 Å². The van der Waals surface area contributed by atoms with Crippen LogP contribution in [0.5, 0.6) is 0 Å². The number of aryl methyl sites for hydroxylation is 1. The molecule has 804 valence electrons. The number of nitrogens with zero attached hydrogens (tertiary/aromatic N) is 3. The predicted octanol–water partition coefficient (Wildman–Crippen LogP) is 23.5. The van der Waals surface area contributed by atoms with Gasteiger partial charge in [0.05, 0.1) is 11.4 Å². The summed E-state index contributed by atoms with van der Waals surface area (Å²) < 4.78 is 93.2. The number of hydrogen-bond acceptors (Lipinski definition) is 18. The number of sulfonamides is 3. The van der Waals surface area contributed by atoms with E-state index in [2.05, 4.69) is 249 Å². The van der Waals surface area contributed by atoms with Gasteiger partial charge in [0.2, 0.25) is 53.7 Å². The number of aliphatic hydroxyl groups is 2. The highest BCUT2D eigenvalue weighted by Gasteiger charge is 2.28. The number of amides is 4. The molecule has 1 aromatic rings. The maximum Gasteiger partial charge on any atom is 0.246 e. The Bertz CT molecular complexity index is 4420. The highest BCUT2D eigenvalue weighted by atomic mass is 32.2. The minimum absolute atomic E-state index is 0. The molecule has 1 heterocycles. The number of sulfone groups is 1. The molecule has 3 rings (SSSR count). The Kier molecular flexibility index (Phi) is 78.5. The van der Waals surface area contributed by atoms with Crippen LogP contribution in [0.2, 0.25) is 0 Å². The maximum absolute atomic E-state index is 11.2. The quantitative estimate of drug-likeness (QED) is 0.0422. The SMILES string of the molecule is C.C=C(C1=CCCC1)C(C)(C)C.C=C(C1=CCCCC1)C(C)(C)C.C=CC(=O)C(C)(C)C.C=CC(=O)N(CCO)C(C)(C)C.C=CC(=O)NC(C)(C)C.C=CC(=O)NCC(C)(C)C.C=CC(=O)NCCC(C)(C)C.C=CS(=O)(=O)C(C)(C)C.C=CS(=O)(=O)NC(C)(C)C.C=CS(=O)(=O)NCC(C)(C)C.C=CS(=O)(=O)NCCC(C)(C)C.CC(C)(C)C(=O)/C=C/CCO.Cc1nccc(C(C)(C)C)n1. The Morgan fingerprint density at radius 1 is 0.442 bits per heavy atom. The van der Waals surface area contributed by atoms with E-state index >= 15 is 0 Å². The number of carbonyl (C=O) groups excluding carboxylic acids is 6. The Balaban J connectivity index is -0.000000141. The fourth-order valence-electron chi connectivity index (χ4n) is 8.90. The van der Waals surface area contributed by atoms with Gasteiger partial charge in [-0.05, 0) is 252 Å². The molecular weight excluding hydrogens is 1820 g/mol. The highest BCUT2D eigenvalue weighted by molar-refractivity contribution is 7.95. The van der Waals surface area contributed by atoms with Crippen LogP contribution in [0.15, 0.2) is 183 Å². The average molecular weight is 2020 g/mol. The highest BCUT2D eigenvalue weighted by Crippen LogP contribution is 2.36. The van der Waals surface area contributed by atoms with Gasteiger partial charge in [-0.3, -0.25) is 28.8 Å². The summed E-state index contributed by atoms with van der Waals surface area (Å²) in [6, 6.07) is 1.97. The van der Waals surface area contributed by atoms with Crippen molar-refractivity contribution in [3.05, 3.63) is 195 Å². The van der Waals surface area contributed by atoms with Gasteiger partial charge in [0, 0.05) is 106 Å². The molecule has 2 aliphatic carbocycles. The van der Waals surface area contributed by atoms with Crippen molar-refractivity contribution in [1.82, 2.24) is 45.0 Å². The molecule has 0 fully saturated rings. The summed E-state index contributed by atoms with van der Waals surface area (Å²) in [6.07, 6.45) is 27.6. The lowest BCUT2D eigenvalue weighted by Crippen LogP contribution is -2.46. The van der Waals surface area contributed by atoms with Crippen LogP contribution >= 0.6 is 0 Å². The lowest BCUT2D eigenvalue weighted by Gasteiger charge is -2.34. The largest absolute Gasteiger partial charge is 0.396 e. The number of aliphatic hydroxyl groups excluding tert-OH is 2. The first-order valence-electron chi connectivity index (χ1n) is 46.5. The lowest BCUT2D eigenvalue weighted by molar-refractivity contribution is -0.131. The molecule has 29 heteroatoms. The van der Waals surface area contributed by atoms with Crippen LogP contribution in [-0.4, -0.2) is 161 Å². The molecule has 25 nitrogen and oxygen atoms in total. The lowest BCUT2D eigenvalue weighted by atomic mass is 9.79. The van der Waals surface area contributed by atoms with Crippen molar-refractivity contribution in [1.29, 1.82) is 0 Å². The number of nitrogens with one attached hydrogen (secondary N) is 6. The molecular formula is C109H203N9O16S4. The Morgan fingerprint density at radius 3 is 1.08 bits per heavy atom. The molecule has 0 unspecified atom stereocenters. The van der Waals surface area contributed by atoms with Crippen LogP contribution in [-0.2, 0) is 74.1 Å². The first kappa shape index (κ1) is 153. The van der Waals surface area contributed by atoms with Gasteiger partial charge in [0.15, 0.2) is 21.4 Å². The van der Waals surface area contributed by atoms with Crippen molar-refractivity contribution in [3.8, 4) is 0 Å². The Morgan fingerprint density at radius 2 is 0.833 bits per heavy atom. The van der Waals surface area contributed by atoms with Crippen molar-refractivity contribution in [2.24, 2.45) is 43.3 Å². The van der Waals surface area contributed by atoms with E-state index in [-0.39, 0.29) is 116 Å². The van der Waals surface area contributed by atoms with Crippen LogP contribution in [0, 0.1) is 50.2 Å². The van der Waals surface area contributed by atoms with Gasteiger partial charge in [-0.1, -0.05) is 285 Å². The molecule has 4 amide bonds. The zero-order valence-electron chi connectivity index (χ0n) is 93.5. The molecule has 0 bridgehead atoms. The second-order valence-electron chi connectivity index (χ2n) is 46.4. The number of ketones is 2. The minimum Gasteiger partial charge on any atom is -0.396 e. The zero-order chi connectivity index (χ0) is 111.